The average Bonchev–Trinajstić information content (AvgIpc) is 3.48. The molecule has 5 rings (SSSR count). The Kier molecular flexibility index (Phi) is 4.98. The van der Waals surface area contributed by atoms with E-state index < -0.39 is 23.5 Å². The van der Waals surface area contributed by atoms with Crippen molar-refractivity contribution in [3.8, 4) is 5.75 Å². The molecule has 1 aliphatic rings. The van der Waals surface area contributed by atoms with Gasteiger partial charge in [0.15, 0.2) is 28.0 Å². The minimum atomic E-state index is -0.881. The molecule has 0 saturated carbocycles. The summed E-state index contributed by atoms with van der Waals surface area (Å²) in [5.41, 5.74) is 1.73. The molecule has 1 amide bonds. The first-order chi connectivity index (χ1) is 15.9. The maximum Gasteiger partial charge on any atom is 0.296 e. The highest BCUT2D eigenvalue weighted by atomic mass is 32.1. The fourth-order valence-corrected chi connectivity index (χ4v) is 4.83. The lowest BCUT2D eigenvalue weighted by molar-refractivity contribution is -0.117. The zero-order chi connectivity index (χ0) is 23.3. The Morgan fingerprint density at radius 3 is 2.64 bits per heavy atom. The second kappa shape index (κ2) is 7.86. The summed E-state index contributed by atoms with van der Waals surface area (Å²) in [6, 6.07) is 9.40. The monoisotopic (exact) mass is 461 g/mol. The van der Waals surface area contributed by atoms with Crippen molar-refractivity contribution in [3.63, 3.8) is 0 Å². The number of aromatic nitrogens is 2. The number of methoxy groups -OCH3 is 1. The van der Waals surface area contributed by atoms with Gasteiger partial charge in [-0.1, -0.05) is 12.1 Å². The predicted octanol–water partition coefficient (Wildman–Crippen LogP) is 4.69. The van der Waals surface area contributed by atoms with Crippen molar-refractivity contribution in [3.05, 3.63) is 82.0 Å². The number of pyridine rings is 1. The van der Waals surface area contributed by atoms with E-state index in [1.807, 2.05) is 13.8 Å². The van der Waals surface area contributed by atoms with Crippen LogP contribution in [0.5, 0.6) is 5.75 Å². The Labute approximate surface area is 192 Å². The molecule has 1 N–H and O–H groups in total. The number of aliphatic hydroxyl groups excluding tert-OH is 1. The summed E-state index contributed by atoms with van der Waals surface area (Å²) in [4.78, 5) is 37.7. The van der Waals surface area contributed by atoms with Gasteiger partial charge < -0.3 is 14.3 Å². The molecule has 0 aliphatic carbocycles. The summed E-state index contributed by atoms with van der Waals surface area (Å²) in [5, 5.41) is 11.9. The third-order valence-electron chi connectivity index (χ3n) is 5.65. The number of aryl methyl sites for hydroxylation is 2. The highest BCUT2D eigenvalue weighted by Crippen LogP contribution is 2.44. The molecule has 0 bridgehead atoms. The number of para-hydroxylation sites is 1. The van der Waals surface area contributed by atoms with Gasteiger partial charge >= 0.3 is 0 Å². The van der Waals surface area contributed by atoms with Gasteiger partial charge in [0.25, 0.3) is 5.91 Å². The molecule has 1 atom stereocenters. The van der Waals surface area contributed by atoms with Crippen molar-refractivity contribution in [2.75, 3.05) is 12.0 Å². The molecule has 0 saturated heterocycles. The number of aliphatic hydroxyl groups is 1. The Morgan fingerprint density at radius 2 is 1.97 bits per heavy atom. The van der Waals surface area contributed by atoms with Crippen LogP contribution in [0.2, 0.25) is 0 Å². The van der Waals surface area contributed by atoms with Crippen molar-refractivity contribution in [1.29, 1.82) is 0 Å². The van der Waals surface area contributed by atoms with Crippen LogP contribution in [0.1, 0.15) is 32.7 Å². The number of furan rings is 1. The zero-order valence-corrected chi connectivity index (χ0v) is 18.8. The number of nitrogens with zero attached hydrogens (tertiary/aromatic N) is 3. The van der Waals surface area contributed by atoms with E-state index >= 15 is 0 Å². The fraction of sp³-hybridized carbons (Fsp3) is 0.167. The topological polar surface area (TPSA) is 106 Å². The Bertz CT molecular complexity index is 1420. The van der Waals surface area contributed by atoms with Crippen LogP contribution in [0.3, 0.4) is 0 Å². The number of fused-ring (bicyclic) bond motifs is 1. The second-order valence-corrected chi connectivity index (χ2v) is 8.76. The van der Waals surface area contributed by atoms with E-state index in [1.165, 1.54) is 23.3 Å². The number of amides is 1. The number of benzene rings is 1. The van der Waals surface area contributed by atoms with Crippen LogP contribution in [0.4, 0.5) is 5.13 Å². The van der Waals surface area contributed by atoms with E-state index in [0.29, 0.717) is 27.4 Å². The van der Waals surface area contributed by atoms with Crippen LogP contribution in [0, 0.1) is 13.8 Å². The number of ketones is 1. The normalized spacial score (nSPS) is 16.2. The van der Waals surface area contributed by atoms with Crippen LogP contribution in [0.25, 0.3) is 11.0 Å². The Hall–Kier alpha value is -3.98. The molecule has 0 fully saturated rings. The van der Waals surface area contributed by atoms with Crippen molar-refractivity contribution >= 4 is 39.1 Å². The zero-order valence-electron chi connectivity index (χ0n) is 18.0. The van der Waals surface area contributed by atoms with E-state index in [-0.39, 0.29) is 11.3 Å². The van der Waals surface area contributed by atoms with Crippen molar-refractivity contribution < 1.29 is 23.8 Å². The van der Waals surface area contributed by atoms with Crippen LogP contribution in [-0.2, 0) is 4.79 Å². The first kappa shape index (κ1) is 20.9. The van der Waals surface area contributed by atoms with Crippen molar-refractivity contribution in [2.24, 2.45) is 0 Å². The van der Waals surface area contributed by atoms with Gasteiger partial charge in [-0.2, -0.15) is 0 Å². The van der Waals surface area contributed by atoms with Gasteiger partial charge in [-0.15, -0.1) is 11.3 Å². The quantitative estimate of drug-likeness (QED) is 0.430. The van der Waals surface area contributed by atoms with Crippen molar-refractivity contribution in [1.82, 2.24) is 9.97 Å². The lowest BCUT2D eigenvalue weighted by Gasteiger charge is -2.24. The Morgan fingerprint density at radius 1 is 1.21 bits per heavy atom. The lowest BCUT2D eigenvalue weighted by Crippen LogP contribution is -2.31. The number of rotatable bonds is 5. The summed E-state index contributed by atoms with van der Waals surface area (Å²) in [5.74, 6) is -1.43. The molecule has 0 radical (unpaired) electrons. The largest absolute Gasteiger partial charge is 0.503 e. The molecule has 9 heteroatoms. The van der Waals surface area contributed by atoms with Crippen LogP contribution < -0.4 is 9.64 Å². The van der Waals surface area contributed by atoms with E-state index in [0.717, 1.165) is 10.6 Å². The summed E-state index contributed by atoms with van der Waals surface area (Å²) in [7, 11) is 1.51. The number of Topliss-reactive ketones (excluding diaryl/α,β-unsaturated/α-hetero) is 1. The van der Waals surface area contributed by atoms with Crippen molar-refractivity contribution in [2.45, 2.75) is 19.9 Å². The van der Waals surface area contributed by atoms with Crippen LogP contribution >= 0.6 is 11.3 Å². The van der Waals surface area contributed by atoms with E-state index in [1.54, 1.807) is 48.8 Å². The number of hydrogen-bond donors (Lipinski definition) is 1. The number of carbonyl (C=O) groups excluding carboxylic acids is 2. The third kappa shape index (κ3) is 3.28. The SMILES string of the molecule is COc1cccc2cc(C(=O)C3=C(O)C(=O)N(c4nc(C)c(C)s4)C3c3ccncc3)oc12. The van der Waals surface area contributed by atoms with Crippen LogP contribution in [-0.4, -0.2) is 33.9 Å². The smallest absolute Gasteiger partial charge is 0.296 e. The minimum absolute atomic E-state index is 0.00347. The minimum Gasteiger partial charge on any atom is -0.503 e. The summed E-state index contributed by atoms with van der Waals surface area (Å²) < 4.78 is 11.1. The first-order valence-corrected chi connectivity index (χ1v) is 10.9. The van der Waals surface area contributed by atoms with Gasteiger partial charge in [0.05, 0.1) is 24.4 Å². The second-order valence-electron chi connectivity index (χ2n) is 7.58. The average molecular weight is 461 g/mol. The molecule has 8 nitrogen and oxygen atoms in total. The molecule has 1 aliphatic heterocycles. The molecule has 1 unspecified atom stereocenters. The van der Waals surface area contributed by atoms with Gasteiger partial charge in [0.1, 0.15) is 0 Å². The maximum atomic E-state index is 13.6. The molecule has 0 spiro atoms. The number of ether oxygens (including phenoxy) is 1. The number of thiazole rings is 1. The number of carbonyl (C=O) groups is 2. The highest BCUT2D eigenvalue weighted by Gasteiger charge is 2.46. The first-order valence-electron chi connectivity index (χ1n) is 10.1. The molecule has 4 aromatic rings. The number of hydrogen-bond acceptors (Lipinski definition) is 8. The molecular weight excluding hydrogens is 442 g/mol. The third-order valence-corrected chi connectivity index (χ3v) is 6.72. The fourth-order valence-electron chi connectivity index (χ4n) is 3.90. The molecular formula is C24H19N3O5S. The van der Waals surface area contributed by atoms with Gasteiger partial charge in [0.2, 0.25) is 5.78 Å². The molecule has 166 valence electrons. The van der Waals surface area contributed by atoms with E-state index in [9.17, 15) is 14.7 Å². The lowest BCUT2D eigenvalue weighted by atomic mass is 9.96. The highest BCUT2D eigenvalue weighted by molar-refractivity contribution is 7.15. The summed E-state index contributed by atoms with van der Waals surface area (Å²) in [6.45, 7) is 3.75. The van der Waals surface area contributed by atoms with Gasteiger partial charge in [0, 0.05) is 22.7 Å². The summed E-state index contributed by atoms with van der Waals surface area (Å²) >= 11 is 1.32. The van der Waals surface area contributed by atoms with Gasteiger partial charge in [-0.3, -0.25) is 19.5 Å². The standard InChI is InChI=1S/C24H19N3O5S/c1-12-13(2)33-24(26-12)27-19(14-7-9-25-10-8-14)18(21(29)23(27)30)20(28)17-11-15-5-4-6-16(31-3)22(15)32-17/h4-11,19,29H,1-3H3. The summed E-state index contributed by atoms with van der Waals surface area (Å²) in [6.07, 6.45) is 3.14. The molecule has 1 aromatic carbocycles. The van der Waals surface area contributed by atoms with E-state index in [2.05, 4.69) is 9.97 Å². The van der Waals surface area contributed by atoms with Gasteiger partial charge in [-0.25, -0.2) is 4.98 Å². The molecule has 4 heterocycles. The van der Waals surface area contributed by atoms with E-state index in [4.69, 9.17) is 9.15 Å². The number of anilines is 1. The molecule has 33 heavy (non-hydrogen) atoms. The maximum absolute atomic E-state index is 13.6. The van der Waals surface area contributed by atoms with Gasteiger partial charge in [-0.05, 0) is 43.7 Å². The van der Waals surface area contributed by atoms with Crippen LogP contribution in [0.15, 0.2) is 64.5 Å². The Balaban J connectivity index is 1.66. The predicted molar refractivity (Wildman–Crippen MR) is 123 cm³/mol. The molecule has 3 aromatic heterocycles.